The van der Waals surface area contributed by atoms with E-state index in [0.717, 1.165) is 32.1 Å². The van der Waals surface area contributed by atoms with Crippen LogP contribution in [0.1, 0.15) is 63.2 Å². The molecule has 4 aliphatic rings. The highest BCUT2D eigenvalue weighted by molar-refractivity contribution is 5.97. The number of amides is 3. The van der Waals surface area contributed by atoms with Crippen molar-refractivity contribution in [2.24, 2.45) is 34.3 Å². The zero-order chi connectivity index (χ0) is 27.1. The van der Waals surface area contributed by atoms with E-state index in [1.165, 1.54) is 0 Å². The Hall–Kier alpha value is -3.63. The number of hydrogen-bond acceptors (Lipinski definition) is 6. The number of carbonyl (C=O) groups excluding carboxylic acids is 3. The van der Waals surface area contributed by atoms with Gasteiger partial charge in [0, 0.05) is 36.6 Å². The number of rotatable bonds is 9. The Balaban J connectivity index is 1.36. The van der Waals surface area contributed by atoms with Crippen LogP contribution in [0.5, 0.6) is 0 Å². The minimum atomic E-state index is -0.764. The summed E-state index contributed by atoms with van der Waals surface area (Å²) in [5.74, 6) is 1.48. The summed E-state index contributed by atoms with van der Waals surface area (Å²) in [6.07, 6.45) is 12.7. The van der Waals surface area contributed by atoms with E-state index in [9.17, 15) is 14.4 Å². The van der Waals surface area contributed by atoms with Crippen LogP contribution < -0.4 is 16.4 Å². The van der Waals surface area contributed by atoms with Gasteiger partial charge in [0.1, 0.15) is 5.56 Å². The molecule has 2 aromatic heterocycles. The van der Waals surface area contributed by atoms with Crippen molar-refractivity contribution in [1.29, 1.82) is 0 Å². The fourth-order valence-electron chi connectivity index (χ4n) is 7.03. The van der Waals surface area contributed by atoms with Gasteiger partial charge < -0.3 is 21.1 Å². The molecule has 2 aromatic rings. The summed E-state index contributed by atoms with van der Waals surface area (Å²) < 4.78 is 8.44. The zero-order valence-electron chi connectivity index (χ0n) is 22.2. The molecular formula is C27H37N7O4. The zero-order valence-corrected chi connectivity index (χ0v) is 22.2. The molecule has 204 valence electrons. The Bertz CT molecular complexity index is 1220. The van der Waals surface area contributed by atoms with Gasteiger partial charge in [-0.2, -0.15) is 10.2 Å². The van der Waals surface area contributed by atoms with E-state index >= 15 is 0 Å². The Kier molecular flexibility index (Phi) is 6.79. The van der Waals surface area contributed by atoms with Gasteiger partial charge in [0.15, 0.2) is 5.82 Å². The molecule has 0 spiro atoms. The van der Waals surface area contributed by atoms with Gasteiger partial charge >= 0.3 is 6.09 Å². The van der Waals surface area contributed by atoms with E-state index in [0.29, 0.717) is 42.3 Å². The van der Waals surface area contributed by atoms with Gasteiger partial charge in [0.2, 0.25) is 5.91 Å². The number of carbonyl (C=O) groups is 3. The third-order valence-electron chi connectivity index (χ3n) is 8.51. The quantitative estimate of drug-likeness (QED) is 0.461. The van der Waals surface area contributed by atoms with Gasteiger partial charge in [-0.1, -0.05) is 6.08 Å². The molecule has 4 fully saturated rings. The van der Waals surface area contributed by atoms with E-state index < -0.39 is 11.5 Å². The maximum atomic E-state index is 13.7. The summed E-state index contributed by atoms with van der Waals surface area (Å²) in [6, 6.07) is 1.84. The van der Waals surface area contributed by atoms with Crippen molar-refractivity contribution in [2.45, 2.75) is 58.9 Å². The number of nitrogens with two attached hydrogens (primary N) is 1. The molecule has 2 unspecified atom stereocenters. The molecule has 4 saturated carbocycles. The lowest BCUT2D eigenvalue weighted by Crippen LogP contribution is -2.60. The van der Waals surface area contributed by atoms with Crippen LogP contribution in [0.4, 0.5) is 4.79 Å². The van der Waals surface area contributed by atoms with Gasteiger partial charge in [-0.05, 0) is 76.7 Å². The van der Waals surface area contributed by atoms with Crippen molar-refractivity contribution in [1.82, 2.24) is 30.2 Å². The molecule has 0 aliphatic heterocycles. The van der Waals surface area contributed by atoms with Crippen LogP contribution in [0.15, 0.2) is 30.7 Å². The molecule has 3 amide bonds. The number of nitrogens with zero attached hydrogens (tertiary/aromatic N) is 4. The normalized spacial score (nSPS) is 28.0. The van der Waals surface area contributed by atoms with Gasteiger partial charge in [0.25, 0.3) is 5.91 Å². The molecule has 4 bridgehead atoms. The number of primary amides is 1. The molecule has 2 atom stereocenters. The summed E-state index contributed by atoms with van der Waals surface area (Å²) in [5.41, 5.74) is 4.87. The second-order valence-corrected chi connectivity index (χ2v) is 11.8. The number of ether oxygens (including phenoxy) is 1. The molecule has 11 nitrogen and oxygen atoms in total. The SMILES string of the molecule is CCNC(=O)C(C)(C)/C=C/n1ncc(C(=O)N[C@H]2C3CC4CC2C[C@](COC(N)=O)(C4)C3)c1-n1cccn1. The standard InChI is InChI=1S/C27H37N7O4/c1-4-29-24(36)26(2,3)6-9-34-23(33-8-5-7-30-33)20(15-31-34)22(35)32-21-18-10-17-11-19(21)14-27(12-17,13-18)16-38-25(28)37/h5-9,15,17-19,21H,4,10-14,16H2,1-3H3,(H2,28,37)(H,29,36)(H,32,35)/b9-6+/t17?,18?,19?,21-,27-. The maximum absolute atomic E-state index is 13.7. The molecule has 38 heavy (non-hydrogen) atoms. The van der Waals surface area contributed by atoms with Gasteiger partial charge in [-0.25, -0.2) is 14.2 Å². The van der Waals surface area contributed by atoms with Crippen LogP contribution >= 0.6 is 0 Å². The first kappa shape index (κ1) is 26.0. The van der Waals surface area contributed by atoms with Crippen LogP contribution in [-0.4, -0.2) is 56.7 Å². The highest BCUT2D eigenvalue weighted by Gasteiger charge is 2.56. The van der Waals surface area contributed by atoms with Crippen LogP contribution in [0.2, 0.25) is 0 Å². The smallest absolute Gasteiger partial charge is 0.404 e. The first-order valence-corrected chi connectivity index (χ1v) is 13.4. The average Bonchev–Trinajstić information content (AvgIpc) is 3.53. The van der Waals surface area contributed by atoms with E-state index in [-0.39, 0.29) is 23.3 Å². The lowest BCUT2D eigenvalue weighted by molar-refractivity contribution is -0.127. The van der Waals surface area contributed by atoms with Crippen molar-refractivity contribution in [3.8, 4) is 5.82 Å². The van der Waals surface area contributed by atoms with Crippen molar-refractivity contribution < 1.29 is 19.1 Å². The van der Waals surface area contributed by atoms with Crippen molar-refractivity contribution >= 4 is 24.1 Å². The summed E-state index contributed by atoms with van der Waals surface area (Å²) in [6.45, 7) is 6.44. The lowest BCUT2D eigenvalue weighted by atomic mass is 9.48. The Morgan fingerprint density at radius 1 is 1.21 bits per heavy atom. The van der Waals surface area contributed by atoms with Crippen molar-refractivity contribution in [2.75, 3.05) is 13.2 Å². The fraction of sp³-hybridized carbons (Fsp3) is 0.593. The third-order valence-corrected chi connectivity index (χ3v) is 8.51. The molecule has 2 heterocycles. The molecule has 11 heteroatoms. The molecule has 4 N–H and O–H groups in total. The predicted octanol–water partition coefficient (Wildman–Crippen LogP) is 2.72. The molecule has 0 radical (unpaired) electrons. The highest BCUT2D eigenvalue weighted by Crippen LogP contribution is 2.60. The third kappa shape index (κ3) is 4.93. The summed E-state index contributed by atoms with van der Waals surface area (Å²) in [5, 5.41) is 15.0. The molecule has 0 saturated heterocycles. The summed E-state index contributed by atoms with van der Waals surface area (Å²) in [4.78, 5) is 37.4. The van der Waals surface area contributed by atoms with Crippen LogP contribution in [0.3, 0.4) is 0 Å². The first-order valence-electron chi connectivity index (χ1n) is 13.4. The van der Waals surface area contributed by atoms with Crippen LogP contribution in [-0.2, 0) is 9.53 Å². The van der Waals surface area contributed by atoms with Crippen LogP contribution in [0, 0.1) is 28.6 Å². The second-order valence-electron chi connectivity index (χ2n) is 11.8. The van der Waals surface area contributed by atoms with Gasteiger partial charge in [0.05, 0.1) is 18.2 Å². The summed E-state index contributed by atoms with van der Waals surface area (Å²) >= 11 is 0. The fourth-order valence-corrected chi connectivity index (χ4v) is 7.03. The Labute approximate surface area is 222 Å². The van der Waals surface area contributed by atoms with Crippen LogP contribution in [0.25, 0.3) is 12.0 Å². The van der Waals surface area contributed by atoms with E-state index in [4.69, 9.17) is 10.5 Å². The number of nitrogens with one attached hydrogen (secondary N) is 2. The predicted molar refractivity (Wildman–Crippen MR) is 140 cm³/mol. The minimum Gasteiger partial charge on any atom is -0.449 e. The monoisotopic (exact) mass is 523 g/mol. The van der Waals surface area contributed by atoms with E-state index in [1.54, 1.807) is 46.3 Å². The number of aromatic nitrogens is 4. The molecule has 0 aromatic carbocycles. The Morgan fingerprint density at radius 2 is 1.95 bits per heavy atom. The van der Waals surface area contributed by atoms with E-state index in [2.05, 4.69) is 20.8 Å². The molecule has 6 rings (SSSR count). The number of hydrogen-bond donors (Lipinski definition) is 3. The molecule has 4 aliphatic carbocycles. The summed E-state index contributed by atoms with van der Waals surface area (Å²) in [7, 11) is 0. The van der Waals surface area contributed by atoms with E-state index in [1.807, 2.05) is 20.8 Å². The second kappa shape index (κ2) is 9.92. The van der Waals surface area contributed by atoms with Crippen molar-refractivity contribution in [3.63, 3.8) is 0 Å². The van der Waals surface area contributed by atoms with Gasteiger partial charge in [-0.3, -0.25) is 9.59 Å². The Morgan fingerprint density at radius 3 is 2.58 bits per heavy atom. The minimum absolute atomic E-state index is 0.0282. The topological polar surface area (TPSA) is 146 Å². The maximum Gasteiger partial charge on any atom is 0.404 e. The highest BCUT2D eigenvalue weighted by atomic mass is 16.5. The lowest BCUT2D eigenvalue weighted by Gasteiger charge is -2.59. The largest absolute Gasteiger partial charge is 0.449 e. The molecular weight excluding hydrogens is 486 g/mol. The van der Waals surface area contributed by atoms with Gasteiger partial charge in [-0.15, -0.1) is 0 Å². The first-order chi connectivity index (χ1) is 18.1. The average molecular weight is 524 g/mol. The van der Waals surface area contributed by atoms with Crippen molar-refractivity contribution in [3.05, 3.63) is 36.3 Å².